The third-order valence-corrected chi connectivity index (χ3v) is 3.26. The number of fused-ring (bicyclic) bond motifs is 1. The van der Waals surface area contributed by atoms with Gasteiger partial charge in [0.25, 0.3) is 0 Å². The van der Waals surface area contributed by atoms with E-state index in [1.54, 1.807) is 6.20 Å². The number of halogens is 1. The fourth-order valence-electron chi connectivity index (χ4n) is 1.57. The van der Waals surface area contributed by atoms with Gasteiger partial charge in [-0.3, -0.25) is 4.98 Å². The van der Waals surface area contributed by atoms with Crippen LogP contribution in [0, 0.1) is 11.3 Å². The summed E-state index contributed by atoms with van der Waals surface area (Å²) < 4.78 is 0.934. The molecule has 0 spiro atoms. The maximum absolute atomic E-state index is 9.13. The van der Waals surface area contributed by atoms with Gasteiger partial charge < -0.3 is 0 Å². The molecule has 0 radical (unpaired) electrons. The van der Waals surface area contributed by atoms with E-state index in [4.69, 9.17) is 5.26 Å². The average Bonchev–Trinajstić information content (AvgIpc) is 2.29. The zero-order valence-corrected chi connectivity index (χ0v) is 10.7. The van der Waals surface area contributed by atoms with Gasteiger partial charge in [-0.25, -0.2) is 0 Å². The summed E-state index contributed by atoms with van der Waals surface area (Å²) in [5.41, 5.74) is 1.45. The molecule has 0 aliphatic carbocycles. The Morgan fingerprint density at radius 2 is 2.12 bits per heavy atom. The fourth-order valence-corrected chi connectivity index (χ4v) is 2.15. The third kappa shape index (κ3) is 1.81. The van der Waals surface area contributed by atoms with E-state index < -0.39 is 5.41 Å². The van der Waals surface area contributed by atoms with Gasteiger partial charge in [-0.15, -0.1) is 0 Å². The predicted molar refractivity (Wildman–Crippen MR) is 68.1 cm³/mol. The van der Waals surface area contributed by atoms with Crippen LogP contribution in [-0.4, -0.2) is 4.98 Å². The summed E-state index contributed by atoms with van der Waals surface area (Å²) in [6.45, 7) is 3.83. The van der Waals surface area contributed by atoms with E-state index in [2.05, 4.69) is 27.0 Å². The third-order valence-electron chi connectivity index (χ3n) is 2.66. The van der Waals surface area contributed by atoms with Crippen molar-refractivity contribution >= 4 is 26.8 Å². The van der Waals surface area contributed by atoms with Crippen LogP contribution in [0.25, 0.3) is 10.9 Å². The van der Waals surface area contributed by atoms with Gasteiger partial charge in [0.15, 0.2) is 0 Å². The molecular weight excluding hydrogens is 264 g/mol. The number of nitriles is 1. The number of hydrogen-bond donors (Lipinski definition) is 0. The highest BCUT2D eigenvalue weighted by molar-refractivity contribution is 9.10. The lowest BCUT2D eigenvalue weighted by Crippen LogP contribution is -2.13. The van der Waals surface area contributed by atoms with E-state index >= 15 is 0 Å². The van der Waals surface area contributed by atoms with Gasteiger partial charge in [0.1, 0.15) is 0 Å². The van der Waals surface area contributed by atoms with E-state index in [0.717, 1.165) is 20.9 Å². The van der Waals surface area contributed by atoms with Crippen LogP contribution in [0.5, 0.6) is 0 Å². The van der Waals surface area contributed by atoms with Crippen molar-refractivity contribution < 1.29 is 0 Å². The lowest BCUT2D eigenvalue weighted by Gasteiger charge is -2.16. The molecule has 0 aliphatic heterocycles. The maximum Gasteiger partial charge on any atom is 0.0844 e. The second-order valence-corrected chi connectivity index (χ2v) is 5.12. The summed E-state index contributed by atoms with van der Waals surface area (Å²) >= 11 is 3.50. The molecule has 1 aromatic carbocycles. The molecule has 2 rings (SSSR count). The first-order valence-corrected chi connectivity index (χ1v) is 5.80. The minimum atomic E-state index is -0.480. The standard InChI is InChI=1S/C13H11BrN2/c1-13(2,8-15)10-6-9-4-3-5-16-12(9)11(14)7-10/h3-7H,1-2H3. The van der Waals surface area contributed by atoms with Crippen molar-refractivity contribution in [2.45, 2.75) is 19.3 Å². The van der Waals surface area contributed by atoms with Gasteiger partial charge in [0, 0.05) is 16.1 Å². The first-order valence-electron chi connectivity index (χ1n) is 5.00. The molecule has 1 aromatic heterocycles. The summed E-state index contributed by atoms with van der Waals surface area (Å²) in [6, 6.07) is 10.2. The second kappa shape index (κ2) is 3.88. The first-order chi connectivity index (χ1) is 7.54. The number of pyridine rings is 1. The van der Waals surface area contributed by atoms with E-state index in [1.165, 1.54) is 0 Å². The topological polar surface area (TPSA) is 36.7 Å². The molecule has 0 unspecified atom stereocenters. The molecule has 80 valence electrons. The van der Waals surface area contributed by atoms with E-state index in [0.29, 0.717) is 0 Å². The average molecular weight is 275 g/mol. The molecule has 0 fully saturated rings. The molecule has 0 amide bonds. The van der Waals surface area contributed by atoms with Crippen LogP contribution >= 0.6 is 15.9 Å². The molecule has 0 bridgehead atoms. The number of hydrogen-bond acceptors (Lipinski definition) is 2. The van der Waals surface area contributed by atoms with Crippen molar-refractivity contribution in [3.05, 3.63) is 40.5 Å². The summed E-state index contributed by atoms with van der Waals surface area (Å²) in [7, 11) is 0. The van der Waals surface area contributed by atoms with E-state index in [9.17, 15) is 0 Å². The summed E-state index contributed by atoms with van der Waals surface area (Å²) in [6.07, 6.45) is 1.77. The Hall–Kier alpha value is -1.40. The Balaban J connectivity index is 2.73. The number of benzene rings is 1. The molecule has 2 nitrogen and oxygen atoms in total. The molecule has 0 aliphatic rings. The molecule has 1 heterocycles. The van der Waals surface area contributed by atoms with Crippen LogP contribution in [-0.2, 0) is 5.41 Å². The molecule has 0 N–H and O–H groups in total. The van der Waals surface area contributed by atoms with Crippen LogP contribution in [0.1, 0.15) is 19.4 Å². The number of rotatable bonds is 1. The minimum absolute atomic E-state index is 0.480. The number of aromatic nitrogens is 1. The van der Waals surface area contributed by atoms with Gasteiger partial charge in [0.05, 0.1) is 17.0 Å². The van der Waals surface area contributed by atoms with Crippen LogP contribution in [0.15, 0.2) is 34.9 Å². The molecular formula is C13H11BrN2. The predicted octanol–water partition coefficient (Wildman–Crippen LogP) is 3.80. The molecule has 16 heavy (non-hydrogen) atoms. The molecule has 2 aromatic rings. The monoisotopic (exact) mass is 274 g/mol. The quantitative estimate of drug-likeness (QED) is 0.793. The van der Waals surface area contributed by atoms with Crippen LogP contribution in [0.4, 0.5) is 0 Å². The first kappa shape index (κ1) is 11.1. The highest BCUT2D eigenvalue weighted by Crippen LogP contribution is 2.30. The van der Waals surface area contributed by atoms with Crippen molar-refractivity contribution in [2.24, 2.45) is 0 Å². The summed E-state index contributed by atoms with van der Waals surface area (Å²) in [4.78, 5) is 4.30. The Kier molecular flexibility index (Phi) is 2.69. The van der Waals surface area contributed by atoms with Crippen molar-refractivity contribution in [3.8, 4) is 6.07 Å². The van der Waals surface area contributed by atoms with Crippen molar-refractivity contribution in [3.63, 3.8) is 0 Å². The summed E-state index contributed by atoms with van der Waals surface area (Å²) in [5, 5.41) is 10.2. The zero-order chi connectivity index (χ0) is 11.8. The number of nitrogens with zero attached hydrogens (tertiary/aromatic N) is 2. The Labute approximate surface area is 103 Å². The Morgan fingerprint density at radius 1 is 1.38 bits per heavy atom. The van der Waals surface area contributed by atoms with Gasteiger partial charge in [-0.1, -0.05) is 6.07 Å². The van der Waals surface area contributed by atoms with Crippen LogP contribution in [0.2, 0.25) is 0 Å². The van der Waals surface area contributed by atoms with Gasteiger partial charge in [-0.05, 0) is 53.5 Å². The van der Waals surface area contributed by atoms with Crippen molar-refractivity contribution in [1.29, 1.82) is 5.26 Å². The highest BCUT2D eigenvalue weighted by atomic mass is 79.9. The molecule has 0 saturated heterocycles. The molecule has 0 atom stereocenters. The minimum Gasteiger partial charge on any atom is -0.255 e. The zero-order valence-electron chi connectivity index (χ0n) is 9.16. The lowest BCUT2D eigenvalue weighted by atomic mass is 9.86. The summed E-state index contributed by atoms with van der Waals surface area (Å²) in [5.74, 6) is 0. The highest BCUT2D eigenvalue weighted by Gasteiger charge is 2.20. The fraction of sp³-hybridized carbons (Fsp3) is 0.231. The van der Waals surface area contributed by atoms with Crippen molar-refractivity contribution in [2.75, 3.05) is 0 Å². The second-order valence-electron chi connectivity index (χ2n) is 4.27. The maximum atomic E-state index is 9.13. The molecule has 0 saturated carbocycles. The van der Waals surface area contributed by atoms with Gasteiger partial charge in [0.2, 0.25) is 0 Å². The largest absolute Gasteiger partial charge is 0.255 e. The van der Waals surface area contributed by atoms with Gasteiger partial charge in [-0.2, -0.15) is 5.26 Å². The SMILES string of the molecule is CC(C)(C#N)c1cc(Br)c2ncccc2c1. The smallest absolute Gasteiger partial charge is 0.0844 e. The Morgan fingerprint density at radius 3 is 2.81 bits per heavy atom. The normalized spacial score (nSPS) is 11.4. The van der Waals surface area contributed by atoms with E-state index in [-0.39, 0.29) is 0 Å². The van der Waals surface area contributed by atoms with E-state index in [1.807, 2.05) is 38.1 Å². The Bertz CT molecular complexity index is 582. The van der Waals surface area contributed by atoms with Crippen LogP contribution in [0.3, 0.4) is 0 Å². The molecule has 3 heteroatoms. The van der Waals surface area contributed by atoms with Crippen LogP contribution < -0.4 is 0 Å². The van der Waals surface area contributed by atoms with Gasteiger partial charge >= 0.3 is 0 Å². The van der Waals surface area contributed by atoms with Crippen molar-refractivity contribution in [1.82, 2.24) is 4.98 Å². The lowest BCUT2D eigenvalue weighted by molar-refractivity contribution is 0.687.